The van der Waals surface area contributed by atoms with E-state index in [1.165, 1.54) is 13.8 Å². The molecule has 4 heteroatoms. The molecule has 1 aromatic rings. The SMILES string of the molecule is Cc1nc(C(C)(C)F)no1. The molecule has 0 amide bonds. The average molecular weight is 144 g/mol. The molecule has 56 valence electrons. The van der Waals surface area contributed by atoms with Crippen LogP contribution >= 0.6 is 0 Å². The maximum absolute atomic E-state index is 12.9. The predicted molar refractivity (Wildman–Crippen MR) is 33.2 cm³/mol. The van der Waals surface area contributed by atoms with Crippen molar-refractivity contribution in [2.24, 2.45) is 0 Å². The minimum atomic E-state index is -1.50. The Morgan fingerprint density at radius 3 is 2.30 bits per heavy atom. The molecule has 0 bridgehead atoms. The Bertz CT molecular complexity index is 226. The van der Waals surface area contributed by atoms with Crippen molar-refractivity contribution in [3.63, 3.8) is 0 Å². The molecular formula is C6H9FN2O. The molecule has 0 fully saturated rings. The summed E-state index contributed by atoms with van der Waals surface area (Å²) < 4.78 is 17.5. The van der Waals surface area contributed by atoms with Crippen LogP contribution in [-0.4, -0.2) is 10.1 Å². The maximum atomic E-state index is 12.9. The van der Waals surface area contributed by atoms with Crippen LogP contribution in [0.5, 0.6) is 0 Å². The number of aromatic nitrogens is 2. The summed E-state index contributed by atoms with van der Waals surface area (Å²) in [6.07, 6.45) is 0. The molecule has 0 saturated heterocycles. The van der Waals surface area contributed by atoms with Crippen molar-refractivity contribution >= 4 is 0 Å². The normalized spacial score (nSPS) is 12.0. The van der Waals surface area contributed by atoms with E-state index in [4.69, 9.17) is 0 Å². The van der Waals surface area contributed by atoms with E-state index in [0.29, 0.717) is 5.89 Å². The zero-order valence-electron chi connectivity index (χ0n) is 6.18. The van der Waals surface area contributed by atoms with Crippen molar-refractivity contribution in [2.75, 3.05) is 0 Å². The number of halogens is 1. The highest BCUT2D eigenvalue weighted by Gasteiger charge is 2.24. The third kappa shape index (κ3) is 1.32. The zero-order chi connectivity index (χ0) is 7.78. The largest absolute Gasteiger partial charge is 0.340 e. The summed E-state index contributed by atoms with van der Waals surface area (Å²) in [4.78, 5) is 3.73. The van der Waals surface area contributed by atoms with Crippen LogP contribution in [0.25, 0.3) is 0 Å². The van der Waals surface area contributed by atoms with Crippen molar-refractivity contribution in [3.05, 3.63) is 11.7 Å². The summed E-state index contributed by atoms with van der Waals surface area (Å²) in [5.41, 5.74) is -1.50. The monoisotopic (exact) mass is 144 g/mol. The average Bonchev–Trinajstić information content (AvgIpc) is 2.11. The van der Waals surface area contributed by atoms with Gasteiger partial charge in [0.15, 0.2) is 5.67 Å². The maximum Gasteiger partial charge on any atom is 0.223 e. The summed E-state index contributed by atoms with van der Waals surface area (Å²) >= 11 is 0. The topological polar surface area (TPSA) is 38.9 Å². The van der Waals surface area contributed by atoms with Crippen molar-refractivity contribution in [3.8, 4) is 0 Å². The summed E-state index contributed by atoms with van der Waals surface area (Å²) in [5.74, 6) is 0.491. The van der Waals surface area contributed by atoms with E-state index in [-0.39, 0.29) is 5.82 Å². The van der Waals surface area contributed by atoms with Gasteiger partial charge >= 0.3 is 0 Å². The van der Waals surface area contributed by atoms with E-state index >= 15 is 0 Å². The van der Waals surface area contributed by atoms with E-state index in [2.05, 4.69) is 14.7 Å². The van der Waals surface area contributed by atoms with E-state index in [0.717, 1.165) is 0 Å². The molecule has 0 aliphatic heterocycles. The molecule has 3 nitrogen and oxygen atoms in total. The fraction of sp³-hybridized carbons (Fsp3) is 0.667. The molecule has 0 radical (unpaired) electrons. The minimum absolute atomic E-state index is 0.102. The van der Waals surface area contributed by atoms with Crippen LogP contribution in [0.15, 0.2) is 4.52 Å². The van der Waals surface area contributed by atoms with Gasteiger partial charge in [-0.3, -0.25) is 0 Å². The highest BCUT2D eigenvalue weighted by molar-refractivity contribution is 4.94. The van der Waals surface area contributed by atoms with Gasteiger partial charge in [-0.1, -0.05) is 5.16 Å². The first-order valence-electron chi connectivity index (χ1n) is 3.00. The van der Waals surface area contributed by atoms with Gasteiger partial charge in [0.1, 0.15) is 0 Å². The summed E-state index contributed by atoms with van der Waals surface area (Å²) in [7, 11) is 0. The van der Waals surface area contributed by atoms with Crippen molar-refractivity contribution < 1.29 is 8.91 Å². The summed E-state index contributed by atoms with van der Waals surface area (Å²) in [6, 6.07) is 0. The molecule has 0 saturated carbocycles. The molecule has 0 aliphatic rings. The molecule has 10 heavy (non-hydrogen) atoms. The molecule has 1 heterocycles. The Labute approximate surface area is 58.2 Å². The molecule has 1 aromatic heterocycles. The highest BCUT2D eigenvalue weighted by Crippen LogP contribution is 2.20. The lowest BCUT2D eigenvalue weighted by atomic mass is 10.2. The van der Waals surface area contributed by atoms with Gasteiger partial charge in [-0.15, -0.1) is 0 Å². The second-order valence-electron chi connectivity index (χ2n) is 2.61. The molecular weight excluding hydrogens is 135 g/mol. The van der Waals surface area contributed by atoms with Gasteiger partial charge in [-0.25, -0.2) is 4.39 Å². The van der Waals surface area contributed by atoms with Crippen LogP contribution in [0.4, 0.5) is 4.39 Å². The van der Waals surface area contributed by atoms with Gasteiger partial charge in [-0.05, 0) is 13.8 Å². The first kappa shape index (κ1) is 7.18. The summed E-state index contributed by atoms with van der Waals surface area (Å²) in [6.45, 7) is 4.40. The second-order valence-corrected chi connectivity index (χ2v) is 2.61. The van der Waals surface area contributed by atoms with Crippen molar-refractivity contribution in [2.45, 2.75) is 26.4 Å². The van der Waals surface area contributed by atoms with Crippen LogP contribution < -0.4 is 0 Å². The number of rotatable bonds is 1. The molecule has 0 aliphatic carbocycles. The molecule has 0 aromatic carbocycles. The Hall–Kier alpha value is -0.930. The van der Waals surface area contributed by atoms with Crippen LogP contribution in [0.2, 0.25) is 0 Å². The Morgan fingerprint density at radius 1 is 1.50 bits per heavy atom. The third-order valence-electron chi connectivity index (χ3n) is 1.06. The number of hydrogen-bond acceptors (Lipinski definition) is 3. The lowest BCUT2D eigenvalue weighted by Crippen LogP contribution is -2.11. The summed E-state index contributed by atoms with van der Waals surface area (Å²) in [5, 5.41) is 3.43. The van der Waals surface area contributed by atoms with Crippen LogP contribution in [0.3, 0.4) is 0 Å². The molecule has 0 spiro atoms. The minimum Gasteiger partial charge on any atom is -0.340 e. The lowest BCUT2D eigenvalue weighted by Gasteiger charge is -2.05. The Morgan fingerprint density at radius 2 is 2.10 bits per heavy atom. The fourth-order valence-corrected chi connectivity index (χ4v) is 0.541. The molecule has 1 rings (SSSR count). The van der Waals surface area contributed by atoms with Crippen LogP contribution in [0.1, 0.15) is 25.6 Å². The number of aryl methyl sites for hydroxylation is 1. The number of alkyl halides is 1. The van der Waals surface area contributed by atoms with Gasteiger partial charge in [0.25, 0.3) is 0 Å². The zero-order valence-corrected chi connectivity index (χ0v) is 6.18. The van der Waals surface area contributed by atoms with Crippen molar-refractivity contribution in [1.82, 2.24) is 10.1 Å². The van der Waals surface area contributed by atoms with E-state index in [1.807, 2.05) is 0 Å². The van der Waals surface area contributed by atoms with Gasteiger partial charge < -0.3 is 4.52 Å². The third-order valence-corrected chi connectivity index (χ3v) is 1.06. The van der Waals surface area contributed by atoms with Gasteiger partial charge in [0, 0.05) is 6.92 Å². The molecule has 0 unspecified atom stereocenters. The molecule has 0 N–H and O–H groups in total. The van der Waals surface area contributed by atoms with Crippen molar-refractivity contribution in [1.29, 1.82) is 0 Å². The molecule has 0 atom stereocenters. The van der Waals surface area contributed by atoms with E-state index in [9.17, 15) is 4.39 Å². The predicted octanol–water partition coefficient (Wildman–Crippen LogP) is 1.58. The fourth-order valence-electron chi connectivity index (χ4n) is 0.541. The second kappa shape index (κ2) is 2.04. The number of nitrogens with zero attached hydrogens (tertiary/aromatic N) is 2. The van der Waals surface area contributed by atoms with Gasteiger partial charge in [-0.2, -0.15) is 4.98 Å². The van der Waals surface area contributed by atoms with Crippen LogP contribution in [-0.2, 0) is 5.67 Å². The van der Waals surface area contributed by atoms with Gasteiger partial charge in [0.05, 0.1) is 0 Å². The quantitative estimate of drug-likeness (QED) is 0.600. The Kier molecular flexibility index (Phi) is 1.46. The standard InChI is InChI=1S/C6H9FN2O/c1-4-8-5(9-10-4)6(2,3)7/h1-3H3. The van der Waals surface area contributed by atoms with E-state index in [1.54, 1.807) is 6.92 Å². The smallest absolute Gasteiger partial charge is 0.223 e. The lowest BCUT2D eigenvalue weighted by molar-refractivity contribution is 0.199. The Balaban J connectivity index is 2.96. The van der Waals surface area contributed by atoms with E-state index < -0.39 is 5.67 Å². The van der Waals surface area contributed by atoms with Gasteiger partial charge in [0.2, 0.25) is 11.7 Å². The number of hydrogen-bond donors (Lipinski definition) is 0. The first-order valence-corrected chi connectivity index (χ1v) is 3.00. The van der Waals surface area contributed by atoms with Crippen LogP contribution in [0, 0.1) is 6.92 Å². The first-order chi connectivity index (χ1) is 4.50. The highest BCUT2D eigenvalue weighted by atomic mass is 19.1.